The molecule has 2 aromatic rings. The van der Waals surface area contributed by atoms with Gasteiger partial charge in [0.1, 0.15) is 5.75 Å². The lowest BCUT2D eigenvalue weighted by Crippen LogP contribution is -2.36. The number of aryl methyl sites for hydroxylation is 1. The van der Waals surface area contributed by atoms with Crippen molar-refractivity contribution < 1.29 is 9.53 Å². The van der Waals surface area contributed by atoms with Crippen molar-refractivity contribution in [2.24, 2.45) is 0 Å². The second-order valence-electron chi connectivity index (χ2n) is 5.09. The Morgan fingerprint density at radius 1 is 1.14 bits per heavy atom. The third-order valence-electron chi connectivity index (χ3n) is 3.28. The highest BCUT2D eigenvalue weighted by Crippen LogP contribution is 2.17. The first-order chi connectivity index (χ1) is 10.6. The van der Waals surface area contributed by atoms with Gasteiger partial charge >= 0.3 is 0 Å². The van der Waals surface area contributed by atoms with Crippen LogP contribution in [0.5, 0.6) is 5.75 Å². The number of amides is 1. The Morgan fingerprint density at radius 2 is 1.82 bits per heavy atom. The normalized spacial score (nSPS) is 11.7. The average Bonchev–Trinajstić information content (AvgIpc) is 2.54. The molecule has 0 radical (unpaired) electrons. The molecule has 0 unspecified atom stereocenters. The lowest BCUT2D eigenvalue weighted by molar-refractivity contribution is -0.127. The first-order valence-electron chi connectivity index (χ1n) is 7.39. The van der Waals surface area contributed by atoms with E-state index >= 15 is 0 Å². The van der Waals surface area contributed by atoms with Crippen molar-refractivity contribution >= 4 is 21.8 Å². The molecular formula is C18H20BrNO2. The number of benzene rings is 2. The standard InChI is InChI=1S/C18H20BrNO2/c1-14(22-17-11-9-16(19)10-12-17)18(21)20-13-5-8-15-6-3-2-4-7-15/h2-4,6-7,9-12,14H,5,8,13H2,1H3,(H,20,21)/t14-/m1/s1. The molecule has 4 heteroatoms. The zero-order valence-electron chi connectivity index (χ0n) is 12.6. The number of hydrogen-bond acceptors (Lipinski definition) is 2. The van der Waals surface area contributed by atoms with Crippen LogP contribution >= 0.6 is 15.9 Å². The highest BCUT2D eigenvalue weighted by Gasteiger charge is 2.13. The van der Waals surface area contributed by atoms with Crippen LogP contribution in [0, 0.1) is 0 Å². The molecule has 0 bridgehead atoms. The molecule has 0 fully saturated rings. The summed E-state index contributed by atoms with van der Waals surface area (Å²) in [4.78, 5) is 12.0. The van der Waals surface area contributed by atoms with E-state index in [1.165, 1.54) is 5.56 Å². The number of halogens is 1. The van der Waals surface area contributed by atoms with Crippen molar-refractivity contribution in [2.45, 2.75) is 25.9 Å². The number of rotatable bonds is 7. The molecule has 2 rings (SSSR count). The minimum absolute atomic E-state index is 0.0871. The Labute approximate surface area is 139 Å². The van der Waals surface area contributed by atoms with Crippen molar-refractivity contribution in [3.8, 4) is 5.75 Å². The van der Waals surface area contributed by atoms with E-state index in [9.17, 15) is 4.79 Å². The van der Waals surface area contributed by atoms with Gasteiger partial charge < -0.3 is 10.1 Å². The van der Waals surface area contributed by atoms with Gasteiger partial charge in [0.25, 0.3) is 5.91 Å². The summed E-state index contributed by atoms with van der Waals surface area (Å²) in [6.45, 7) is 2.41. The van der Waals surface area contributed by atoms with Gasteiger partial charge in [-0.3, -0.25) is 4.79 Å². The van der Waals surface area contributed by atoms with Crippen LogP contribution in [0.3, 0.4) is 0 Å². The molecule has 2 aromatic carbocycles. The molecule has 0 saturated carbocycles. The quantitative estimate of drug-likeness (QED) is 0.757. The molecule has 0 aliphatic rings. The van der Waals surface area contributed by atoms with Crippen LogP contribution < -0.4 is 10.1 Å². The highest BCUT2D eigenvalue weighted by molar-refractivity contribution is 9.10. The molecule has 0 saturated heterocycles. The van der Waals surface area contributed by atoms with Crippen molar-refractivity contribution in [3.63, 3.8) is 0 Å². The molecule has 0 heterocycles. The number of hydrogen-bond donors (Lipinski definition) is 1. The molecule has 1 atom stereocenters. The van der Waals surface area contributed by atoms with Crippen molar-refractivity contribution in [1.29, 1.82) is 0 Å². The Morgan fingerprint density at radius 3 is 2.50 bits per heavy atom. The highest BCUT2D eigenvalue weighted by atomic mass is 79.9. The average molecular weight is 362 g/mol. The molecule has 0 spiro atoms. The summed E-state index contributed by atoms with van der Waals surface area (Å²) in [6.07, 6.45) is 1.38. The Kier molecular flexibility index (Phi) is 6.46. The minimum atomic E-state index is -0.502. The molecule has 116 valence electrons. The maximum absolute atomic E-state index is 12.0. The van der Waals surface area contributed by atoms with Gasteiger partial charge in [-0.15, -0.1) is 0 Å². The van der Waals surface area contributed by atoms with Crippen molar-refractivity contribution in [1.82, 2.24) is 5.32 Å². The summed E-state index contributed by atoms with van der Waals surface area (Å²) in [7, 11) is 0. The fourth-order valence-corrected chi connectivity index (χ4v) is 2.33. The minimum Gasteiger partial charge on any atom is -0.481 e. The van der Waals surface area contributed by atoms with Gasteiger partial charge in [-0.1, -0.05) is 46.3 Å². The second kappa shape index (κ2) is 8.59. The van der Waals surface area contributed by atoms with Crippen LogP contribution in [0.1, 0.15) is 18.9 Å². The van der Waals surface area contributed by atoms with Gasteiger partial charge in [-0.25, -0.2) is 0 Å². The van der Waals surface area contributed by atoms with Gasteiger partial charge in [0.15, 0.2) is 6.10 Å². The van der Waals surface area contributed by atoms with Crippen molar-refractivity contribution in [3.05, 3.63) is 64.6 Å². The predicted molar refractivity (Wildman–Crippen MR) is 92.0 cm³/mol. The molecule has 1 N–H and O–H groups in total. The molecule has 0 aromatic heterocycles. The SMILES string of the molecule is C[C@@H](Oc1ccc(Br)cc1)C(=O)NCCCc1ccccc1. The van der Waals surface area contributed by atoms with E-state index in [0.29, 0.717) is 12.3 Å². The molecule has 1 amide bonds. The Hall–Kier alpha value is -1.81. The number of carbonyl (C=O) groups excluding carboxylic acids is 1. The monoisotopic (exact) mass is 361 g/mol. The first-order valence-corrected chi connectivity index (χ1v) is 8.18. The van der Waals surface area contributed by atoms with Gasteiger partial charge in [-0.05, 0) is 49.6 Å². The zero-order valence-corrected chi connectivity index (χ0v) is 14.2. The van der Waals surface area contributed by atoms with Gasteiger partial charge in [0.2, 0.25) is 0 Å². The lowest BCUT2D eigenvalue weighted by atomic mass is 10.1. The predicted octanol–water partition coefficient (Wildman–Crippen LogP) is 3.97. The largest absolute Gasteiger partial charge is 0.481 e. The van der Waals surface area contributed by atoms with Crippen LogP contribution in [-0.2, 0) is 11.2 Å². The second-order valence-corrected chi connectivity index (χ2v) is 6.01. The topological polar surface area (TPSA) is 38.3 Å². The van der Waals surface area contributed by atoms with E-state index in [2.05, 4.69) is 33.4 Å². The molecule has 0 aliphatic heterocycles. The van der Waals surface area contributed by atoms with Crippen LogP contribution in [0.25, 0.3) is 0 Å². The first kappa shape index (κ1) is 16.6. The number of ether oxygens (including phenoxy) is 1. The van der Waals surface area contributed by atoms with E-state index in [0.717, 1.165) is 17.3 Å². The summed E-state index contributed by atoms with van der Waals surface area (Å²) in [6, 6.07) is 17.7. The fraction of sp³-hybridized carbons (Fsp3) is 0.278. The Bertz CT molecular complexity index is 584. The number of nitrogens with one attached hydrogen (secondary N) is 1. The maximum Gasteiger partial charge on any atom is 0.260 e. The smallest absolute Gasteiger partial charge is 0.260 e. The molecule has 3 nitrogen and oxygen atoms in total. The molecule has 0 aliphatic carbocycles. The third-order valence-corrected chi connectivity index (χ3v) is 3.81. The van der Waals surface area contributed by atoms with E-state index in [1.54, 1.807) is 6.92 Å². The molecular weight excluding hydrogens is 342 g/mol. The Balaban J connectivity index is 1.69. The lowest BCUT2D eigenvalue weighted by Gasteiger charge is -2.14. The van der Waals surface area contributed by atoms with Crippen LogP contribution in [0.15, 0.2) is 59.1 Å². The summed E-state index contributed by atoms with van der Waals surface area (Å²) < 4.78 is 6.60. The third kappa shape index (κ3) is 5.53. The summed E-state index contributed by atoms with van der Waals surface area (Å²) in [5, 5.41) is 2.91. The van der Waals surface area contributed by atoms with E-state index < -0.39 is 6.10 Å². The van der Waals surface area contributed by atoms with Gasteiger partial charge in [0, 0.05) is 11.0 Å². The van der Waals surface area contributed by atoms with Crippen molar-refractivity contribution in [2.75, 3.05) is 6.54 Å². The van der Waals surface area contributed by atoms with E-state index in [4.69, 9.17) is 4.74 Å². The van der Waals surface area contributed by atoms with Crippen LogP contribution in [0.4, 0.5) is 0 Å². The van der Waals surface area contributed by atoms with Gasteiger partial charge in [0.05, 0.1) is 0 Å². The fourth-order valence-electron chi connectivity index (χ4n) is 2.06. The zero-order chi connectivity index (χ0) is 15.8. The van der Waals surface area contributed by atoms with Gasteiger partial charge in [-0.2, -0.15) is 0 Å². The van der Waals surface area contributed by atoms with Crippen LogP contribution in [-0.4, -0.2) is 18.6 Å². The number of carbonyl (C=O) groups is 1. The molecule has 22 heavy (non-hydrogen) atoms. The van der Waals surface area contributed by atoms with E-state index in [-0.39, 0.29) is 5.91 Å². The van der Waals surface area contributed by atoms with Crippen LogP contribution in [0.2, 0.25) is 0 Å². The summed E-state index contributed by atoms with van der Waals surface area (Å²) in [5.41, 5.74) is 1.29. The summed E-state index contributed by atoms with van der Waals surface area (Å²) >= 11 is 3.37. The maximum atomic E-state index is 12.0. The van der Waals surface area contributed by atoms with E-state index in [1.807, 2.05) is 42.5 Å². The summed E-state index contributed by atoms with van der Waals surface area (Å²) in [5.74, 6) is 0.603.